The molecule has 0 heterocycles. The van der Waals surface area contributed by atoms with Crippen LogP contribution in [-0.2, 0) is 4.74 Å². The van der Waals surface area contributed by atoms with Gasteiger partial charge in [-0.1, -0.05) is 27.7 Å². The normalized spacial score (nSPS) is 32.8. The first kappa shape index (κ1) is 11.0. The molecule has 0 bridgehead atoms. The van der Waals surface area contributed by atoms with Crippen LogP contribution in [0.3, 0.4) is 0 Å². The molecule has 0 spiro atoms. The van der Waals surface area contributed by atoms with Gasteiger partial charge in [-0.25, -0.2) is 0 Å². The van der Waals surface area contributed by atoms with Gasteiger partial charge < -0.3 is 9.84 Å². The molecule has 1 aliphatic carbocycles. The van der Waals surface area contributed by atoms with Crippen molar-refractivity contribution in [3.8, 4) is 0 Å². The van der Waals surface area contributed by atoms with Gasteiger partial charge in [0.2, 0.25) is 0 Å². The van der Waals surface area contributed by atoms with E-state index < -0.39 is 0 Å². The zero-order valence-electron chi connectivity index (χ0n) is 9.21. The summed E-state index contributed by atoms with van der Waals surface area (Å²) in [4.78, 5) is 0. The predicted octanol–water partition coefficient (Wildman–Crippen LogP) is 2.21. The third-order valence-electron chi connectivity index (χ3n) is 2.87. The lowest BCUT2D eigenvalue weighted by molar-refractivity contribution is -0.0566. The molecule has 2 heteroatoms. The predicted molar refractivity (Wildman–Crippen MR) is 53.6 cm³/mol. The van der Waals surface area contributed by atoms with Gasteiger partial charge in [0, 0.05) is 6.61 Å². The monoisotopic (exact) mass is 186 g/mol. The van der Waals surface area contributed by atoms with Gasteiger partial charge >= 0.3 is 0 Å². The van der Waals surface area contributed by atoms with E-state index in [-0.39, 0.29) is 17.6 Å². The van der Waals surface area contributed by atoms with Crippen molar-refractivity contribution in [3.05, 3.63) is 0 Å². The average molecular weight is 186 g/mol. The Kier molecular flexibility index (Phi) is 3.36. The van der Waals surface area contributed by atoms with Crippen molar-refractivity contribution in [2.24, 2.45) is 11.3 Å². The highest BCUT2D eigenvalue weighted by Crippen LogP contribution is 2.38. The van der Waals surface area contributed by atoms with E-state index in [9.17, 15) is 5.11 Å². The molecule has 0 radical (unpaired) electrons. The lowest BCUT2D eigenvalue weighted by Gasteiger charge is -2.25. The van der Waals surface area contributed by atoms with E-state index in [4.69, 9.17) is 4.74 Å². The number of hydrogen-bond acceptors (Lipinski definition) is 2. The first-order valence-electron chi connectivity index (χ1n) is 5.23. The minimum atomic E-state index is -0.286. The Bertz CT molecular complexity index is 163. The second-order valence-corrected chi connectivity index (χ2v) is 5.24. The zero-order chi connectivity index (χ0) is 10.1. The van der Waals surface area contributed by atoms with Gasteiger partial charge in [0.25, 0.3) is 0 Å². The van der Waals surface area contributed by atoms with Crippen LogP contribution in [0.15, 0.2) is 0 Å². The Labute approximate surface area is 81.3 Å². The SMILES string of the molecule is CC(C)COC1CCC(C)(C)C1O. The van der Waals surface area contributed by atoms with E-state index in [1.807, 2.05) is 0 Å². The topological polar surface area (TPSA) is 29.5 Å². The highest BCUT2D eigenvalue weighted by Gasteiger charge is 2.41. The number of hydrogen-bond donors (Lipinski definition) is 1. The van der Waals surface area contributed by atoms with E-state index in [1.54, 1.807) is 0 Å². The average Bonchev–Trinajstić information content (AvgIpc) is 2.25. The van der Waals surface area contributed by atoms with Crippen LogP contribution in [0.4, 0.5) is 0 Å². The van der Waals surface area contributed by atoms with Gasteiger partial charge in [0.05, 0.1) is 12.2 Å². The Hall–Kier alpha value is -0.0800. The fourth-order valence-corrected chi connectivity index (χ4v) is 1.81. The summed E-state index contributed by atoms with van der Waals surface area (Å²) in [5, 5.41) is 9.90. The second-order valence-electron chi connectivity index (χ2n) is 5.24. The van der Waals surface area contributed by atoms with Crippen molar-refractivity contribution in [1.82, 2.24) is 0 Å². The Morgan fingerprint density at radius 1 is 1.46 bits per heavy atom. The van der Waals surface area contributed by atoms with Gasteiger partial charge in [-0.15, -0.1) is 0 Å². The van der Waals surface area contributed by atoms with Crippen molar-refractivity contribution < 1.29 is 9.84 Å². The van der Waals surface area contributed by atoms with Crippen molar-refractivity contribution >= 4 is 0 Å². The van der Waals surface area contributed by atoms with Gasteiger partial charge in [-0.3, -0.25) is 0 Å². The summed E-state index contributed by atoms with van der Waals surface area (Å²) in [7, 11) is 0. The smallest absolute Gasteiger partial charge is 0.0852 e. The molecule has 2 atom stereocenters. The minimum absolute atomic E-state index is 0.0433. The lowest BCUT2D eigenvalue weighted by atomic mass is 9.89. The first-order valence-corrected chi connectivity index (χ1v) is 5.23. The van der Waals surface area contributed by atoms with Crippen LogP contribution in [0.25, 0.3) is 0 Å². The summed E-state index contributed by atoms with van der Waals surface area (Å²) in [5.74, 6) is 0.552. The molecular weight excluding hydrogens is 164 g/mol. The number of aliphatic hydroxyl groups is 1. The Balaban J connectivity index is 2.37. The largest absolute Gasteiger partial charge is 0.390 e. The molecule has 0 aromatic heterocycles. The molecule has 1 aliphatic rings. The molecule has 1 N–H and O–H groups in total. The van der Waals surface area contributed by atoms with E-state index in [1.165, 1.54) is 0 Å². The molecule has 0 aromatic carbocycles. The number of ether oxygens (including phenoxy) is 1. The van der Waals surface area contributed by atoms with Crippen LogP contribution in [-0.4, -0.2) is 23.9 Å². The maximum Gasteiger partial charge on any atom is 0.0852 e. The molecule has 2 unspecified atom stereocenters. The lowest BCUT2D eigenvalue weighted by Crippen LogP contribution is -2.33. The van der Waals surface area contributed by atoms with E-state index in [0.717, 1.165) is 19.4 Å². The van der Waals surface area contributed by atoms with Crippen molar-refractivity contribution in [2.45, 2.75) is 52.7 Å². The highest BCUT2D eigenvalue weighted by molar-refractivity contribution is 4.91. The summed E-state index contributed by atoms with van der Waals surface area (Å²) < 4.78 is 5.66. The fraction of sp³-hybridized carbons (Fsp3) is 1.00. The van der Waals surface area contributed by atoms with Gasteiger partial charge in [0.15, 0.2) is 0 Å². The molecule has 0 saturated heterocycles. The molecule has 1 fully saturated rings. The van der Waals surface area contributed by atoms with E-state index >= 15 is 0 Å². The molecular formula is C11H22O2. The molecule has 0 amide bonds. The molecule has 13 heavy (non-hydrogen) atoms. The number of rotatable bonds is 3. The molecule has 1 rings (SSSR count). The van der Waals surface area contributed by atoms with Crippen molar-refractivity contribution in [2.75, 3.05) is 6.61 Å². The quantitative estimate of drug-likeness (QED) is 0.732. The van der Waals surface area contributed by atoms with E-state index in [2.05, 4.69) is 27.7 Å². The Morgan fingerprint density at radius 2 is 2.08 bits per heavy atom. The summed E-state index contributed by atoms with van der Waals surface area (Å²) in [6.45, 7) is 9.24. The third kappa shape index (κ3) is 2.68. The number of aliphatic hydroxyl groups excluding tert-OH is 1. The molecule has 2 nitrogen and oxygen atoms in total. The van der Waals surface area contributed by atoms with Crippen LogP contribution >= 0.6 is 0 Å². The van der Waals surface area contributed by atoms with Crippen LogP contribution in [0.2, 0.25) is 0 Å². The maximum absolute atomic E-state index is 9.90. The minimum Gasteiger partial charge on any atom is -0.390 e. The van der Waals surface area contributed by atoms with Crippen LogP contribution in [0.1, 0.15) is 40.5 Å². The van der Waals surface area contributed by atoms with Crippen molar-refractivity contribution in [1.29, 1.82) is 0 Å². The zero-order valence-corrected chi connectivity index (χ0v) is 9.21. The van der Waals surface area contributed by atoms with Crippen molar-refractivity contribution in [3.63, 3.8) is 0 Å². The van der Waals surface area contributed by atoms with Crippen LogP contribution in [0.5, 0.6) is 0 Å². The molecule has 78 valence electrons. The molecule has 1 saturated carbocycles. The Morgan fingerprint density at radius 3 is 2.46 bits per heavy atom. The summed E-state index contributed by atoms with van der Waals surface area (Å²) in [6, 6.07) is 0. The van der Waals surface area contributed by atoms with Gasteiger partial charge in [-0.2, -0.15) is 0 Å². The fourth-order valence-electron chi connectivity index (χ4n) is 1.81. The van der Waals surface area contributed by atoms with Crippen LogP contribution < -0.4 is 0 Å². The van der Waals surface area contributed by atoms with Crippen LogP contribution in [0, 0.1) is 11.3 Å². The maximum atomic E-state index is 9.90. The highest BCUT2D eigenvalue weighted by atomic mass is 16.5. The third-order valence-corrected chi connectivity index (χ3v) is 2.87. The summed E-state index contributed by atoms with van der Waals surface area (Å²) in [5.41, 5.74) is 0.0433. The van der Waals surface area contributed by atoms with Gasteiger partial charge in [0.1, 0.15) is 0 Å². The molecule has 0 aliphatic heterocycles. The van der Waals surface area contributed by atoms with Gasteiger partial charge in [-0.05, 0) is 24.2 Å². The summed E-state index contributed by atoms with van der Waals surface area (Å²) >= 11 is 0. The van der Waals surface area contributed by atoms with E-state index in [0.29, 0.717) is 5.92 Å². The standard InChI is InChI=1S/C11H22O2/c1-8(2)7-13-9-5-6-11(3,4)10(9)12/h8-10,12H,5-7H2,1-4H3. The molecule has 0 aromatic rings. The first-order chi connectivity index (χ1) is 5.93. The second kappa shape index (κ2) is 3.97. The summed E-state index contributed by atoms with van der Waals surface area (Å²) in [6.07, 6.45) is 1.85.